The van der Waals surface area contributed by atoms with E-state index in [0.29, 0.717) is 0 Å². The molecule has 0 saturated carbocycles. The number of hydrogen-bond acceptors (Lipinski definition) is 3. The summed E-state index contributed by atoms with van der Waals surface area (Å²) in [6.07, 6.45) is 0. The summed E-state index contributed by atoms with van der Waals surface area (Å²) in [7, 11) is 1.92. The number of nitrogens with one attached hydrogen (secondary N) is 1. The molecule has 1 N–H and O–H groups in total. The van der Waals surface area contributed by atoms with Crippen molar-refractivity contribution >= 4 is 38.9 Å². The van der Waals surface area contributed by atoms with Crippen molar-refractivity contribution in [3.63, 3.8) is 0 Å². The van der Waals surface area contributed by atoms with Gasteiger partial charge in [0.2, 0.25) is 0 Å². The predicted molar refractivity (Wildman–Crippen MR) is 73.0 cm³/mol. The van der Waals surface area contributed by atoms with Crippen molar-refractivity contribution in [2.45, 2.75) is 6.54 Å². The van der Waals surface area contributed by atoms with Crippen LogP contribution in [-0.2, 0) is 6.54 Å². The molecule has 1 heterocycles. The highest BCUT2D eigenvalue weighted by Gasteiger charge is 2.09. The molecule has 0 unspecified atom stereocenters. The standard InChI is InChI=1S/C11H10BrClN2S/c1-14-6-9-10(12)15-11(16-9)7-3-2-4-8(13)5-7/h2-5,14H,6H2,1H3. The molecule has 84 valence electrons. The maximum absolute atomic E-state index is 5.96. The van der Waals surface area contributed by atoms with E-state index in [2.05, 4.69) is 26.2 Å². The maximum atomic E-state index is 5.96. The lowest BCUT2D eigenvalue weighted by atomic mass is 10.2. The van der Waals surface area contributed by atoms with E-state index in [1.54, 1.807) is 11.3 Å². The molecule has 1 aromatic carbocycles. The summed E-state index contributed by atoms with van der Waals surface area (Å²) >= 11 is 11.1. The van der Waals surface area contributed by atoms with Crippen LogP contribution < -0.4 is 5.32 Å². The fraction of sp³-hybridized carbons (Fsp3) is 0.182. The van der Waals surface area contributed by atoms with Gasteiger partial charge < -0.3 is 5.32 Å². The second-order valence-electron chi connectivity index (χ2n) is 3.27. The number of aromatic nitrogens is 1. The molecule has 0 spiro atoms. The Hall–Kier alpha value is -0.420. The molecular formula is C11H10BrClN2S. The lowest BCUT2D eigenvalue weighted by Crippen LogP contribution is -2.03. The second-order valence-corrected chi connectivity index (χ2v) is 5.54. The van der Waals surface area contributed by atoms with Crippen LogP contribution in [0.4, 0.5) is 0 Å². The zero-order chi connectivity index (χ0) is 11.5. The van der Waals surface area contributed by atoms with E-state index < -0.39 is 0 Å². The Morgan fingerprint density at radius 2 is 2.31 bits per heavy atom. The highest BCUT2D eigenvalue weighted by atomic mass is 79.9. The van der Waals surface area contributed by atoms with Crippen LogP contribution in [-0.4, -0.2) is 12.0 Å². The summed E-state index contributed by atoms with van der Waals surface area (Å²) in [5.74, 6) is 0. The Kier molecular flexibility index (Phi) is 3.97. The SMILES string of the molecule is CNCc1sc(-c2cccc(Cl)c2)nc1Br. The first kappa shape index (κ1) is 12.0. The van der Waals surface area contributed by atoms with Crippen molar-refractivity contribution in [1.82, 2.24) is 10.3 Å². The molecule has 0 atom stereocenters. The van der Waals surface area contributed by atoms with E-state index in [9.17, 15) is 0 Å². The molecule has 0 amide bonds. The number of hydrogen-bond donors (Lipinski definition) is 1. The molecule has 16 heavy (non-hydrogen) atoms. The summed E-state index contributed by atoms with van der Waals surface area (Å²) in [4.78, 5) is 5.67. The van der Waals surface area contributed by atoms with Gasteiger partial charge in [0.15, 0.2) is 0 Å². The number of thiazole rings is 1. The number of rotatable bonds is 3. The normalized spacial score (nSPS) is 10.7. The fourth-order valence-electron chi connectivity index (χ4n) is 1.35. The topological polar surface area (TPSA) is 24.9 Å². The van der Waals surface area contributed by atoms with Crippen LogP contribution in [0.3, 0.4) is 0 Å². The van der Waals surface area contributed by atoms with Crippen LogP contribution in [0.2, 0.25) is 5.02 Å². The first-order chi connectivity index (χ1) is 7.70. The van der Waals surface area contributed by atoms with Crippen molar-refractivity contribution in [1.29, 1.82) is 0 Å². The molecule has 0 fully saturated rings. The zero-order valence-corrected chi connectivity index (χ0v) is 11.8. The van der Waals surface area contributed by atoms with Gasteiger partial charge in [0.05, 0.1) is 4.88 Å². The summed E-state index contributed by atoms with van der Waals surface area (Å²) < 4.78 is 0.904. The average molecular weight is 318 g/mol. The summed E-state index contributed by atoms with van der Waals surface area (Å²) in [6, 6.07) is 7.74. The molecule has 0 bridgehead atoms. The van der Waals surface area contributed by atoms with E-state index in [-0.39, 0.29) is 0 Å². The van der Waals surface area contributed by atoms with Crippen molar-refractivity contribution in [2.75, 3.05) is 7.05 Å². The van der Waals surface area contributed by atoms with Gasteiger partial charge in [-0.2, -0.15) is 0 Å². The zero-order valence-electron chi connectivity index (χ0n) is 8.63. The first-order valence-corrected chi connectivity index (χ1v) is 6.75. The monoisotopic (exact) mass is 316 g/mol. The largest absolute Gasteiger partial charge is 0.315 e. The van der Waals surface area contributed by atoms with Gasteiger partial charge in [-0.15, -0.1) is 11.3 Å². The van der Waals surface area contributed by atoms with Crippen LogP contribution in [0, 0.1) is 0 Å². The molecule has 0 aliphatic rings. The van der Waals surface area contributed by atoms with Crippen LogP contribution in [0.1, 0.15) is 4.88 Å². The molecule has 0 radical (unpaired) electrons. The molecule has 0 aliphatic heterocycles. The first-order valence-electron chi connectivity index (χ1n) is 4.76. The van der Waals surface area contributed by atoms with Crippen LogP contribution >= 0.6 is 38.9 Å². The highest BCUT2D eigenvalue weighted by Crippen LogP contribution is 2.31. The van der Waals surface area contributed by atoms with Gasteiger partial charge in [0.1, 0.15) is 9.61 Å². The third kappa shape index (κ3) is 2.63. The lowest BCUT2D eigenvalue weighted by molar-refractivity contribution is 0.825. The number of benzene rings is 1. The Balaban J connectivity index is 2.37. The van der Waals surface area contributed by atoms with E-state index in [0.717, 1.165) is 26.7 Å². The quantitative estimate of drug-likeness (QED) is 0.927. The Labute approximate surface area is 112 Å². The predicted octanol–water partition coefficient (Wildman–Crippen LogP) is 3.95. The molecule has 0 aliphatic carbocycles. The molecule has 2 aromatic rings. The van der Waals surface area contributed by atoms with Gasteiger partial charge in [-0.05, 0) is 35.1 Å². The molecule has 0 saturated heterocycles. The summed E-state index contributed by atoms with van der Waals surface area (Å²) in [6.45, 7) is 0.818. The van der Waals surface area contributed by atoms with Gasteiger partial charge >= 0.3 is 0 Å². The molecule has 2 nitrogen and oxygen atoms in total. The number of halogens is 2. The van der Waals surface area contributed by atoms with Crippen LogP contribution in [0.5, 0.6) is 0 Å². The molecule has 1 aromatic heterocycles. The maximum Gasteiger partial charge on any atom is 0.125 e. The van der Waals surface area contributed by atoms with Gasteiger partial charge in [0.25, 0.3) is 0 Å². The van der Waals surface area contributed by atoms with Crippen molar-refractivity contribution in [2.24, 2.45) is 0 Å². The van der Waals surface area contributed by atoms with E-state index in [4.69, 9.17) is 11.6 Å². The third-order valence-corrected chi connectivity index (χ3v) is 4.32. The molecule has 2 rings (SSSR count). The second kappa shape index (κ2) is 5.27. The number of nitrogens with zero attached hydrogens (tertiary/aromatic N) is 1. The Morgan fingerprint density at radius 1 is 1.50 bits per heavy atom. The van der Waals surface area contributed by atoms with Gasteiger partial charge in [0, 0.05) is 17.1 Å². The smallest absolute Gasteiger partial charge is 0.125 e. The highest BCUT2D eigenvalue weighted by molar-refractivity contribution is 9.10. The van der Waals surface area contributed by atoms with Crippen molar-refractivity contribution in [3.05, 3.63) is 38.8 Å². The minimum absolute atomic E-state index is 0.735. The average Bonchev–Trinajstić information content (AvgIpc) is 2.61. The van der Waals surface area contributed by atoms with Gasteiger partial charge in [-0.25, -0.2) is 4.98 Å². The van der Waals surface area contributed by atoms with Gasteiger partial charge in [-0.3, -0.25) is 0 Å². The van der Waals surface area contributed by atoms with Crippen LogP contribution in [0.25, 0.3) is 10.6 Å². The summed E-state index contributed by atoms with van der Waals surface area (Å²) in [5, 5.41) is 4.84. The van der Waals surface area contributed by atoms with Gasteiger partial charge in [-0.1, -0.05) is 23.7 Å². The molecule has 5 heteroatoms. The molecular weight excluding hydrogens is 308 g/mol. The minimum Gasteiger partial charge on any atom is -0.315 e. The van der Waals surface area contributed by atoms with E-state index in [1.807, 2.05) is 31.3 Å². The van der Waals surface area contributed by atoms with Crippen molar-refractivity contribution < 1.29 is 0 Å². The van der Waals surface area contributed by atoms with Crippen LogP contribution in [0.15, 0.2) is 28.9 Å². The summed E-state index contributed by atoms with van der Waals surface area (Å²) in [5.41, 5.74) is 1.06. The van der Waals surface area contributed by atoms with E-state index in [1.165, 1.54) is 4.88 Å². The Morgan fingerprint density at radius 3 is 3.00 bits per heavy atom. The lowest BCUT2D eigenvalue weighted by Gasteiger charge is -1.95. The minimum atomic E-state index is 0.735. The van der Waals surface area contributed by atoms with Crippen molar-refractivity contribution in [3.8, 4) is 10.6 Å². The fourth-order valence-corrected chi connectivity index (χ4v) is 3.18. The Bertz CT molecular complexity index is 498. The van der Waals surface area contributed by atoms with E-state index >= 15 is 0 Å². The third-order valence-electron chi connectivity index (χ3n) is 2.06.